The molecule has 5 fully saturated rings. The molecule has 1 aliphatic heterocycles. The lowest BCUT2D eigenvalue weighted by Crippen LogP contribution is -3.19. The Morgan fingerprint density at radius 3 is 2.03 bits per heavy atom. The van der Waals surface area contributed by atoms with Gasteiger partial charge in [-0.1, -0.05) is 0 Å². The molecule has 4 saturated carbocycles. The van der Waals surface area contributed by atoms with Gasteiger partial charge in [-0.2, -0.15) is 0 Å². The normalized spacial score (nSPS) is 34.1. The van der Waals surface area contributed by atoms with Gasteiger partial charge in [-0.15, -0.1) is 0 Å². The Kier molecular flexibility index (Phi) is 5.12. The number of rotatable bonds is 5. The van der Waals surface area contributed by atoms with E-state index in [9.17, 15) is 9.59 Å². The monoisotopic (exact) mass is 410 g/mol. The van der Waals surface area contributed by atoms with E-state index >= 15 is 0 Å². The Hall–Kier alpha value is -1.88. The van der Waals surface area contributed by atoms with Gasteiger partial charge in [0.1, 0.15) is 0 Å². The summed E-state index contributed by atoms with van der Waals surface area (Å²) in [7, 11) is 0. The van der Waals surface area contributed by atoms with Crippen LogP contribution in [0.1, 0.15) is 62.7 Å². The highest BCUT2D eigenvalue weighted by molar-refractivity contribution is 5.94. The number of amides is 1. The minimum atomic E-state index is 0.0141. The molecule has 5 aliphatic rings. The summed E-state index contributed by atoms with van der Waals surface area (Å²) in [4.78, 5) is 28.5. The van der Waals surface area contributed by atoms with Crippen LogP contribution in [0, 0.1) is 17.8 Å². The Bertz CT molecular complexity index is 775. The first-order valence-electron chi connectivity index (χ1n) is 11.9. The van der Waals surface area contributed by atoms with Crippen LogP contribution in [0.2, 0.25) is 0 Å². The van der Waals surface area contributed by atoms with Crippen LogP contribution in [0.5, 0.6) is 0 Å². The molecule has 2 N–H and O–H groups in total. The fraction of sp³-hybridized carbons (Fsp3) is 0.680. The molecular formula is C25H36N3O2+. The summed E-state index contributed by atoms with van der Waals surface area (Å²) < 4.78 is 0. The smallest absolute Gasteiger partial charge is 0.278 e. The van der Waals surface area contributed by atoms with Gasteiger partial charge in [0.2, 0.25) is 0 Å². The van der Waals surface area contributed by atoms with Gasteiger partial charge in [-0.25, -0.2) is 0 Å². The molecule has 4 bridgehead atoms. The highest BCUT2D eigenvalue weighted by atomic mass is 16.2. The molecule has 1 aromatic carbocycles. The molecular weight excluding hydrogens is 374 g/mol. The van der Waals surface area contributed by atoms with Crippen molar-refractivity contribution in [1.82, 2.24) is 5.32 Å². The van der Waals surface area contributed by atoms with Gasteiger partial charge in [-0.05, 0) is 94.4 Å². The van der Waals surface area contributed by atoms with Crippen molar-refractivity contribution >= 4 is 17.4 Å². The van der Waals surface area contributed by atoms with Gasteiger partial charge in [0, 0.05) is 16.8 Å². The molecule has 0 spiro atoms. The minimum absolute atomic E-state index is 0.0141. The van der Waals surface area contributed by atoms with Crippen molar-refractivity contribution in [2.75, 3.05) is 31.1 Å². The number of ketones is 1. The van der Waals surface area contributed by atoms with Crippen molar-refractivity contribution in [1.29, 1.82) is 0 Å². The molecule has 0 radical (unpaired) electrons. The van der Waals surface area contributed by atoms with Crippen molar-refractivity contribution in [2.24, 2.45) is 17.8 Å². The quantitative estimate of drug-likeness (QED) is 0.731. The summed E-state index contributed by atoms with van der Waals surface area (Å²) in [6.45, 7) is 7.57. The maximum atomic E-state index is 13.2. The molecule has 6 rings (SSSR count). The molecule has 1 amide bonds. The van der Waals surface area contributed by atoms with Gasteiger partial charge < -0.3 is 15.1 Å². The molecule has 0 unspecified atom stereocenters. The average Bonchev–Trinajstić information content (AvgIpc) is 2.72. The number of benzene rings is 1. The summed E-state index contributed by atoms with van der Waals surface area (Å²) in [5.74, 6) is 2.95. The SMILES string of the molecule is CC(=O)c1ccc(N2CC[NH+]([C@H](C)C(=O)NC34CC5CC(CC(C5)C3)C4)CC2)cc1. The lowest BCUT2D eigenvalue weighted by molar-refractivity contribution is -0.914. The van der Waals surface area contributed by atoms with Crippen molar-refractivity contribution in [3.05, 3.63) is 29.8 Å². The highest BCUT2D eigenvalue weighted by Crippen LogP contribution is 2.55. The first kappa shape index (κ1) is 20.0. The molecule has 1 atom stereocenters. The van der Waals surface area contributed by atoms with Crippen LogP contribution in [0.4, 0.5) is 5.69 Å². The second kappa shape index (κ2) is 7.67. The predicted octanol–water partition coefficient (Wildman–Crippen LogP) is 2.07. The Morgan fingerprint density at radius 1 is 1.00 bits per heavy atom. The van der Waals surface area contributed by atoms with Crippen molar-refractivity contribution in [2.45, 2.75) is 64.0 Å². The number of nitrogens with zero attached hydrogens (tertiary/aromatic N) is 1. The van der Waals surface area contributed by atoms with E-state index in [1.807, 2.05) is 24.3 Å². The number of hydrogen-bond acceptors (Lipinski definition) is 3. The summed E-state index contributed by atoms with van der Waals surface area (Å²) >= 11 is 0. The maximum absolute atomic E-state index is 13.2. The summed E-state index contributed by atoms with van der Waals surface area (Å²) in [6, 6.07) is 7.94. The molecule has 0 aromatic heterocycles. The minimum Gasteiger partial charge on any atom is -0.360 e. The lowest BCUT2D eigenvalue weighted by atomic mass is 9.53. The number of Topliss-reactive ketones (excluding diaryl/α,β-unsaturated/α-hetero) is 1. The third-order valence-electron chi connectivity index (χ3n) is 8.48. The molecule has 5 heteroatoms. The molecule has 1 heterocycles. The maximum Gasteiger partial charge on any atom is 0.278 e. The van der Waals surface area contributed by atoms with Crippen molar-refractivity contribution in [3.8, 4) is 0 Å². The average molecular weight is 411 g/mol. The first-order chi connectivity index (χ1) is 14.4. The topological polar surface area (TPSA) is 53.9 Å². The number of piperazine rings is 1. The van der Waals surface area contributed by atoms with E-state index in [0.717, 1.165) is 49.5 Å². The third kappa shape index (κ3) is 3.77. The van der Waals surface area contributed by atoms with E-state index in [4.69, 9.17) is 0 Å². The molecule has 5 nitrogen and oxygen atoms in total. The van der Waals surface area contributed by atoms with Crippen LogP contribution in [0.25, 0.3) is 0 Å². The van der Waals surface area contributed by atoms with Crippen LogP contribution in [-0.4, -0.2) is 49.5 Å². The zero-order chi connectivity index (χ0) is 20.9. The largest absolute Gasteiger partial charge is 0.360 e. The van der Waals surface area contributed by atoms with E-state index in [0.29, 0.717) is 0 Å². The van der Waals surface area contributed by atoms with E-state index in [-0.39, 0.29) is 23.3 Å². The second-order valence-electron chi connectivity index (χ2n) is 10.7. The van der Waals surface area contributed by atoms with Gasteiger partial charge in [0.25, 0.3) is 5.91 Å². The Labute approximate surface area is 180 Å². The van der Waals surface area contributed by atoms with Crippen LogP contribution in [-0.2, 0) is 4.79 Å². The van der Waals surface area contributed by atoms with Gasteiger partial charge in [0.15, 0.2) is 11.8 Å². The van der Waals surface area contributed by atoms with Gasteiger partial charge in [-0.3, -0.25) is 9.59 Å². The standard InChI is InChI=1S/C25H35N3O2/c1-17(24(30)26-25-14-19-11-20(15-25)13-21(12-19)16-25)27-7-9-28(10-8-27)23-5-3-22(4-6-23)18(2)29/h3-6,17,19-21H,7-16H2,1-2H3,(H,26,30)/p+1/t17-,19?,20?,21?,25?/m1/s1. The van der Waals surface area contributed by atoms with E-state index in [2.05, 4.69) is 17.1 Å². The number of anilines is 1. The van der Waals surface area contributed by atoms with E-state index < -0.39 is 0 Å². The Morgan fingerprint density at radius 2 is 1.53 bits per heavy atom. The molecule has 162 valence electrons. The molecule has 1 saturated heterocycles. The van der Waals surface area contributed by atoms with Gasteiger partial charge in [0.05, 0.1) is 26.2 Å². The Balaban J connectivity index is 1.16. The zero-order valence-electron chi connectivity index (χ0n) is 18.5. The number of nitrogens with one attached hydrogen (secondary N) is 2. The number of quaternary nitrogens is 1. The lowest BCUT2D eigenvalue weighted by Gasteiger charge is -2.57. The fourth-order valence-corrected chi connectivity index (χ4v) is 7.21. The van der Waals surface area contributed by atoms with E-state index in [1.165, 1.54) is 49.1 Å². The van der Waals surface area contributed by atoms with Crippen molar-refractivity contribution in [3.63, 3.8) is 0 Å². The van der Waals surface area contributed by atoms with Crippen LogP contribution >= 0.6 is 0 Å². The molecule has 1 aromatic rings. The number of carbonyl (C=O) groups excluding carboxylic acids is 2. The second-order valence-corrected chi connectivity index (χ2v) is 10.7. The van der Waals surface area contributed by atoms with E-state index in [1.54, 1.807) is 6.92 Å². The highest BCUT2D eigenvalue weighted by Gasteiger charge is 2.52. The molecule has 4 aliphatic carbocycles. The van der Waals surface area contributed by atoms with Crippen LogP contribution in [0.15, 0.2) is 24.3 Å². The van der Waals surface area contributed by atoms with Crippen LogP contribution in [0.3, 0.4) is 0 Å². The third-order valence-corrected chi connectivity index (χ3v) is 8.48. The van der Waals surface area contributed by atoms with Crippen LogP contribution < -0.4 is 15.1 Å². The zero-order valence-corrected chi connectivity index (χ0v) is 18.5. The van der Waals surface area contributed by atoms with Gasteiger partial charge >= 0.3 is 0 Å². The summed E-state index contributed by atoms with van der Waals surface area (Å²) in [6.07, 6.45) is 7.88. The predicted molar refractivity (Wildman–Crippen MR) is 118 cm³/mol. The van der Waals surface area contributed by atoms with Crippen molar-refractivity contribution < 1.29 is 14.5 Å². The summed E-state index contributed by atoms with van der Waals surface area (Å²) in [5.41, 5.74) is 2.04. The number of carbonyl (C=O) groups is 2. The number of hydrogen-bond donors (Lipinski definition) is 2. The molecule has 30 heavy (non-hydrogen) atoms. The first-order valence-corrected chi connectivity index (χ1v) is 11.9. The summed E-state index contributed by atoms with van der Waals surface area (Å²) in [5, 5.41) is 3.58. The fourth-order valence-electron chi connectivity index (χ4n) is 7.21.